The molecule has 3 nitrogen and oxygen atoms in total. The lowest BCUT2D eigenvalue weighted by atomic mass is 9.83. The highest BCUT2D eigenvalue weighted by Gasteiger charge is 2.37. The van der Waals surface area contributed by atoms with Crippen LogP contribution in [0.3, 0.4) is 0 Å². The number of halogens is 2. The molecule has 1 atom stereocenters. The van der Waals surface area contributed by atoms with Gasteiger partial charge < -0.3 is 4.90 Å². The molecule has 136 valence electrons. The smallest absolute Gasteiger partial charge is 0.0683 e. The summed E-state index contributed by atoms with van der Waals surface area (Å²) in [7, 11) is 0. The molecule has 1 N–H and O–H groups in total. The zero-order chi connectivity index (χ0) is 17.7. The number of hydrogen-bond acceptors (Lipinski definition) is 3. The number of nitrogens with one attached hydrogen (secondary N) is 1. The molecule has 1 aliphatic carbocycles. The van der Waals surface area contributed by atoms with Gasteiger partial charge in [-0.05, 0) is 47.7 Å². The van der Waals surface area contributed by atoms with Gasteiger partial charge in [0, 0.05) is 53.9 Å². The first-order valence-corrected chi connectivity index (χ1v) is 10.2. The first kappa shape index (κ1) is 16.9. The second kappa shape index (κ2) is 6.72. The molecule has 0 unspecified atom stereocenters. The number of benzene rings is 2. The predicted molar refractivity (Wildman–Crippen MR) is 108 cm³/mol. The summed E-state index contributed by atoms with van der Waals surface area (Å²) >= 11 is 13.0. The monoisotopic (exact) mass is 387 g/mol. The molecule has 5 heteroatoms. The van der Waals surface area contributed by atoms with Gasteiger partial charge in [0.25, 0.3) is 0 Å². The topological polar surface area (TPSA) is 18.5 Å². The molecule has 2 aliphatic heterocycles. The van der Waals surface area contributed by atoms with Crippen molar-refractivity contribution in [3.05, 3.63) is 63.1 Å². The Morgan fingerprint density at radius 2 is 1.88 bits per heavy atom. The summed E-state index contributed by atoms with van der Waals surface area (Å²) in [5.74, 6) is 0.312. The fourth-order valence-electron chi connectivity index (χ4n) is 4.47. The van der Waals surface area contributed by atoms with Crippen LogP contribution in [0.1, 0.15) is 35.4 Å². The van der Waals surface area contributed by atoms with Crippen molar-refractivity contribution in [2.45, 2.75) is 31.3 Å². The molecule has 0 amide bonds. The minimum Gasteiger partial charge on any atom is -0.357 e. The Bertz CT molecular complexity index is 828. The van der Waals surface area contributed by atoms with Crippen LogP contribution in [0.5, 0.6) is 0 Å². The molecule has 0 spiro atoms. The van der Waals surface area contributed by atoms with E-state index in [0.29, 0.717) is 5.92 Å². The van der Waals surface area contributed by atoms with Crippen LogP contribution in [0.25, 0.3) is 0 Å². The molecule has 2 heterocycles. The van der Waals surface area contributed by atoms with Crippen molar-refractivity contribution in [2.75, 3.05) is 31.2 Å². The number of rotatable bonds is 3. The summed E-state index contributed by atoms with van der Waals surface area (Å²) in [5.41, 5.74) is 5.29. The maximum absolute atomic E-state index is 6.63. The minimum absolute atomic E-state index is 0.312. The van der Waals surface area contributed by atoms with Gasteiger partial charge in [0.2, 0.25) is 0 Å². The largest absolute Gasteiger partial charge is 0.357 e. The summed E-state index contributed by atoms with van der Waals surface area (Å²) in [5, 5.41) is 4.99. The summed E-state index contributed by atoms with van der Waals surface area (Å²) < 4.78 is 0. The maximum Gasteiger partial charge on any atom is 0.0683 e. The van der Waals surface area contributed by atoms with Crippen LogP contribution in [0.2, 0.25) is 10.0 Å². The summed E-state index contributed by atoms with van der Waals surface area (Å²) in [6.07, 6.45) is 2.62. The van der Waals surface area contributed by atoms with Gasteiger partial charge in [-0.1, -0.05) is 41.4 Å². The molecule has 5 rings (SSSR count). The van der Waals surface area contributed by atoms with E-state index in [1.54, 1.807) is 0 Å². The van der Waals surface area contributed by atoms with Gasteiger partial charge in [-0.3, -0.25) is 10.2 Å². The first-order valence-electron chi connectivity index (χ1n) is 9.47. The predicted octanol–water partition coefficient (Wildman–Crippen LogP) is 4.47. The molecular weight excluding hydrogens is 365 g/mol. The van der Waals surface area contributed by atoms with Crippen LogP contribution < -0.4 is 10.2 Å². The second-order valence-electron chi connectivity index (χ2n) is 7.65. The van der Waals surface area contributed by atoms with E-state index in [2.05, 4.69) is 45.4 Å². The molecule has 2 aromatic rings. The number of nitrogens with zero attached hydrogens (tertiary/aromatic N) is 2. The third-order valence-electron chi connectivity index (χ3n) is 5.93. The van der Waals surface area contributed by atoms with Gasteiger partial charge in [0.1, 0.15) is 0 Å². The van der Waals surface area contributed by atoms with E-state index < -0.39 is 0 Å². The third kappa shape index (κ3) is 3.01. The van der Waals surface area contributed by atoms with E-state index in [-0.39, 0.29) is 0 Å². The normalized spacial score (nSPS) is 23.3. The lowest BCUT2D eigenvalue weighted by molar-refractivity contribution is 0.230. The van der Waals surface area contributed by atoms with E-state index in [9.17, 15) is 0 Å². The zero-order valence-electron chi connectivity index (χ0n) is 14.7. The first-order chi connectivity index (χ1) is 12.7. The van der Waals surface area contributed by atoms with E-state index in [1.165, 1.54) is 35.2 Å². The molecule has 1 saturated heterocycles. The molecular formula is C21H23Cl2N3. The lowest BCUT2D eigenvalue weighted by Crippen LogP contribution is -2.36. The average Bonchev–Trinajstić information content (AvgIpc) is 3.35. The molecule has 0 bridgehead atoms. The molecule has 2 aromatic carbocycles. The molecule has 26 heavy (non-hydrogen) atoms. The second-order valence-corrected chi connectivity index (χ2v) is 8.49. The van der Waals surface area contributed by atoms with E-state index >= 15 is 0 Å². The highest BCUT2D eigenvalue weighted by Crippen LogP contribution is 2.44. The van der Waals surface area contributed by atoms with Crippen LogP contribution in [0, 0.1) is 0 Å². The van der Waals surface area contributed by atoms with E-state index in [4.69, 9.17) is 23.2 Å². The summed E-state index contributed by atoms with van der Waals surface area (Å²) in [4.78, 5) is 5.06. The van der Waals surface area contributed by atoms with E-state index in [1.807, 2.05) is 6.07 Å². The SMILES string of the molecule is Clc1cc(Cl)c2c(c1)[C@H](c1ccccc1N1CCNC1)CN(C1CC1)C2. The Labute approximate surface area is 164 Å². The molecule has 1 saturated carbocycles. The van der Waals surface area contributed by atoms with Gasteiger partial charge in [-0.2, -0.15) is 0 Å². The van der Waals surface area contributed by atoms with Crippen molar-refractivity contribution in [1.82, 2.24) is 10.2 Å². The number of hydrogen-bond donors (Lipinski definition) is 1. The lowest BCUT2D eigenvalue weighted by Gasteiger charge is -2.37. The van der Waals surface area contributed by atoms with Crippen molar-refractivity contribution in [3.8, 4) is 0 Å². The van der Waals surface area contributed by atoms with Gasteiger partial charge in [-0.25, -0.2) is 0 Å². The molecule has 0 aromatic heterocycles. The molecule has 0 radical (unpaired) electrons. The van der Waals surface area contributed by atoms with Crippen molar-refractivity contribution < 1.29 is 0 Å². The van der Waals surface area contributed by atoms with Crippen LogP contribution >= 0.6 is 23.2 Å². The Kier molecular flexibility index (Phi) is 4.36. The average molecular weight is 388 g/mol. The minimum atomic E-state index is 0.312. The van der Waals surface area contributed by atoms with Crippen molar-refractivity contribution in [2.24, 2.45) is 0 Å². The van der Waals surface area contributed by atoms with Crippen molar-refractivity contribution in [1.29, 1.82) is 0 Å². The Morgan fingerprint density at radius 1 is 1.04 bits per heavy atom. The standard InChI is InChI=1S/C21H23Cl2N3/c22-14-9-17-18(11-26(15-5-6-15)12-19(17)20(23)10-14)16-3-1-2-4-21(16)25-8-7-24-13-25/h1-4,9-10,15,18,24H,5-8,11-13H2/t18-/m0/s1. The van der Waals surface area contributed by atoms with Crippen molar-refractivity contribution in [3.63, 3.8) is 0 Å². The van der Waals surface area contributed by atoms with E-state index in [0.717, 1.165) is 48.9 Å². The molecule has 2 fully saturated rings. The van der Waals surface area contributed by atoms with Crippen LogP contribution in [0.15, 0.2) is 36.4 Å². The molecule has 3 aliphatic rings. The number of fused-ring (bicyclic) bond motifs is 1. The van der Waals surface area contributed by atoms with Crippen molar-refractivity contribution >= 4 is 28.9 Å². The van der Waals surface area contributed by atoms with Gasteiger partial charge >= 0.3 is 0 Å². The fourth-order valence-corrected chi connectivity index (χ4v) is 5.04. The number of para-hydroxylation sites is 1. The Hall–Kier alpha value is -1.26. The summed E-state index contributed by atoms with van der Waals surface area (Å²) in [6.45, 7) is 5.01. The maximum atomic E-state index is 6.63. The highest BCUT2D eigenvalue weighted by atomic mass is 35.5. The van der Waals surface area contributed by atoms with Crippen LogP contribution in [-0.2, 0) is 6.54 Å². The summed E-state index contributed by atoms with van der Waals surface area (Å²) in [6, 6.07) is 13.6. The highest BCUT2D eigenvalue weighted by molar-refractivity contribution is 6.35. The third-order valence-corrected chi connectivity index (χ3v) is 6.48. The Morgan fingerprint density at radius 3 is 2.65 bits per heavy atom. The number of anilines is 1. The van der Waals surface area contributed by atoms with Gasteiger partial charge in [0.15, 0.2) is 0 Å². The Balaban J connectivity index is 1.62. The van der Waals surface area contributed by atoms with Gasteiger partial charge in [-0.15, -0.1) is 0 Å². The van der Waals surface area contributed by atoms with Crippen LogP contribution in [0.4, 0.5) is 5.69 Å². The quantitative estimate of drug-likeness (QED) is 0.837. The zero-order valence-corrected chi connectivity index (χ0v) is 16.2. The van der Waals surface area contributed by atoms with Crippen LogP contribution in [-0.4, -0.2) is 37.2 Å². The van der Waals surface area contributed by atoms with Gasteiger partial charge in [0.05, 0.1) is 6.67 Å². The fraction of sp³-hybridized carbons (Fsp3) is 0.429.